The minimum Gasteiger partial charge on any atom is -0.385 e. The molecule has 0 aliphatic carbocycles. The van der Waals surface area contributed by atoms with Gasteiger partial charge >= 0.3 is 0 Å². The molecule has 90 valence electrons. The maximum absolute atomic E-state index is 6.12. The van der Waals surface area contributed by atoms with Gasteiger partial charge in [-0.1, -0.05) is 23.7 Å². The SMILES string of the molecule is CNC(CCCOC)c1cccc(Cl)c1C. The van der Waals surface area contributed by atoms with Crippen molar-refractivity contribution < 1.29 is 4.74 Å². The van der Waals surface area contributed by atoms with Crippen LogP contribution in [-0.4, -0.2) is 20.8 Å². The molecule has 1 N–H and O–H groups in total. The van der Waals surface area contributed by atoms with Gasteiger partial charge in [0.25, 0.3) is 0 Å². The summed E-state index contributed by atoms with van der Waals surface area (Å²) in [5.41, 5.74) is 2.45. The van der Waals surface area contributed by atoms with Crippen LogP contribution in [0.3, 0.4) is 0 Å². The Balaban J connectivity index is 2.74. The van der Waals surface area contributed by atoms with Gasteiger partial charge in [0, 0.05) is 24.8 Å². The summed E-state index contributed by atoms with van der Waals surface area (Å²) < 4.78 is 5.07. The Labute approximate surface area is 103 Å². The molecule has 2 nitrogen and oxygen atoms in total. The molecule has 1 rings (SSSR count). The van der Waals surface area contributed by atoms with Gasteiger partial charge in [-0.05, 0) is 44.0 Å². The third kappa shape index (κ3) is 3.48. The predicted octanol–water partition coefficient (Wildman–Crippen LogP) is 3.34. The van der Waals surface area contributed by atoms with Gasteiger partial charge < -0.3 is 10.1 Å². The third-order valence-corrected chi connectivity index (χ3v) is 3.28. The highest BCUT2D eigenvalue weighted by atomic mass is 35.5. The van der Waals surface area contributed by atoms with Crippen LogP contribution in [0.2, 0.25) is 5.02 Å². The van der Waals surface area contributed by atoms with Crippen LogP contribution in [-0.2, 0) is 4.74 Å². The van der Waals surface area contributed by atoms with Crippen LogP contribution in [0.1, 0.15) is 30.0 Å². The van der Waals surface area contributed by atoms with E-state index in [1.54, 1.807) is 7.11 Å². The number of hydrogen-bond donors (Lipinski definition) is 1. The molecule has 0 fully saturated rings. The lowest BCUT2D eigenvalue weighted by Gasteiger charge is -2.19. The van der Waals surface area contributed by atoms with E-state index in [-0.39, 0.29) is 0 Å². The highest BCUT2D eigenvalue weighted by molar-refractivity contribution is 6.31. The summed E-state index contributed by atoms with van der Waals surface area (Å²) in [7, 11) is 3.72. The molecule has 0 amide bonds. The van der Waals surface area contributed by atoms with Gasteiger partial charge in [-0.15, -0.1) is 0 Å². The molecule has 0 aliphatic rings. The Bertz CT molecular complexity index is 328. The third-order valence-electron chi connectivity index (χ3n) is 2.87. The molecule has 1 atom stereocenters. The molecule has 0 radical (unpaired) electrons. The van der Waals surface area contributed by atoms with Crippen molar-refractivity contribution in [2.75, 3.05) is 20.8 Å². The molecule has 0 heterocycles. The zero-order chi connectivity index (χ0) is 12.0. The molecule has 16 heavy (non-hydrogen) atoms. The number of rotatable bonds is 6. The number of hydrogen-bond acceptors (Lipinski definition) is 2. The van der Waals surface area contributed by atoms with Crippen molar-refractivity contribution >= 4 is 11.6 Å². The van der Waals surface area contributed by atoms with E-state index >= 15 is 0 Å². The first-order valence-electron chi connectivity index (χ1n) is 5.62. The first kappa shape index (κ1) is 13.5. The average Bonchev–Trinajstić information content (AvgIpc) is 2.29. The van der Waals surface area contributed by atoms with Crippen molar-refractivity contribution in [1.29, 1.82) is 0 Å². The van der Waals surface area contributed by atoms with Crippen LogP contribution in [0.25, 0.3) is 0 Å². The van der Waals surface area contributed by atoms with Crippen LogP contribution < -0.4 is 5.32 Å². The molecule has 3 heteroatoms. The molecule has 1 aromatic carbocycles. The lowest BCUT2D eigenvalue weighted by molar-refractivity contribution is 0.189. The highest BCUT2D eigenvalue weighted by Gasteiger charge is 2.12. The molecule has 0 saturated carbocycles. The number of halogens is 1. The van der Waals surface area contributed by atoms with Crippen molar-refractivity contribution in [2.45, 2.75) is 25.8 Å². The summed E-state index contributed by atoms with van der Waals surface area (Å²) in [5.74, 6) is 0. The number of benzene rings is 1. The second-order valence-corrected chi connectivity index (χ2v) is 4.34. The average molecular weight is 242 g/mol. The molecule has 0 aromatic heterocycles. The number of nitrogens with one attached hydrogen (secondary N) is 1. The molecular formula is C13H20ClNO. The summed E-state index contributed by atoms with van der Waals surface area (Å²) in [6.07, 6.45) is 2.11. The normalized spacial score (nSPS) is 12.8. The number of ether oxygens (including phenoxy) is 1. The number of methoxy groups -OCH3 is 1. The van der Waals surface area contributed by atoms with Gasteiger partial charge in [0.15, 0.2) is 0 Å². The van der Waals surface area contributed by atoms with Gasteiger partial charge in [-0.2, -0.15) is 0 Å². The standard InChI is InChI=1S/C13H20ClNO/c1-10-11(6-4-7-12(10)14)13(15-2)8-5-9-16-3/h4,6-7,13,15H,5,8-9H2,1-3H3. The van der Waals surface area contributed by atoms with Crippen LogP contribution >= 0.6 is 11.6 Å². The predicted molar refractivity (Wildman–Crippen MR) is 69.1 cm³/mol. The van der Waals surface area contributed by atoms with Crippen molar-refractivity contribution in [1.82, 2.24) is 5.32 Å². The minimum atomic E-state index is 0.355. The smallest absolute Gasteiger partial charge is 0.0462 e. The molecule has 0 saturated heterocycles. The van der Waals surface area contributed by atoms with E-state index < -0.39 is 0 Å². The fraction of sp³-hybridized carbons (Fsp3) is 0.538. The topological polar surface area (TPSA) is 21.3 Å². The Morgan fingerprint density at radius 1 is 1.44 bits per heavy atom. The van der Waals surface area contributed by atoms with Crippen molar-refractivity contribution in [2.24, 2.45) is 0 Å². The van der Waals surface area contributed by atoms with Crippen molar-refractivity contribution in [3.63, 3.8) is 0 Å². The van der Waals surface area contributed by atoms with Crippen LogP contribution in [0, 0.1) is 6.92 Å². The maximum Gasteiger partial charge on any atom is 0.0462 e. The van der Waals surface area contributed by atoms with Crippen LogP contribution in [0.5, 0.6) is 0 Å². The molecule has 1 unspecified atom stereocenters. The first-order valence-corrected chi connectivity index (χ1v) is 5.99. The maximum atomic E-state index is 6.12. The Morgan fingerprint density at radius 3 is 2.81 bits per heavy atom. The van der Waals surface area contributed by atoms with E-state index in [1.807, 2.05) is 19.2 Å². The lowest BCUT2D eigenvalue weighted by atomic mass is 9.98. The summed E-state index contributed by atoms with van der Waals surface area (Å²) >= 11 is 6.12. The largest absolute Gasteiger partial charge is 0.385 e. The highest BCUT2D eigenvalue weighted by Crippen LogP contribution is 2.26. The summed E-state index contributed by atoms with van der Waals surface area (Å²) in [6.45, 7) is 2.87. The van der Waals surface area contributed by atoms with Gasteiger partial charge in [-0.3, -0.25) is 0 Å². The van der Waals surface area contributed by atoms with E-state index in [0.717, 1.165) is 24.5 Å². The van der Waals surface area contributed by atoms with Crippen LogP contribution in [0.15, 0.2) is 18.2 Å². The quantitative estimate of drug-likeness (QED) is 0.772. The first-order chi connectivity index (χ1) is 7.70. The van der Waals surface area contributed by atoms with Gasteiger partial charge in [0.05, 0.1) is 0 Å². The van der Waals surface area contributed by atoms with E-state index in [2.05, 4.69) is 18.3 Å². The van der Waals surface area contributed by atoms with Crippen molar-refractivity contribution in [3.8, 4) is 0 Å². The molecule has 1 aromatic rings. The van der Waals surface area contributed by atoms with E-state index in [1.165, 1.54) is 11.1 Å². The summed E-state index contributed by atoms with van der Waals surface area (Å²) in [4.78, 5) is 0. The minimum absolute atomic E-state index is 0.355. The fourth-order valence-electron chi connectivity index (χ4n) is 1.89. The molecule has 0 aliphatic heterocycles. The van der Waals surface area contributed by atoms with Gasteiger partial charge in [0.2, 0.25) is 0 Å². The molecular weight excluding hydrogens is 222 g/mol. The van der Waals surface area contributed by atoms with Crippen molar-refractivity contribution in [3.05, 3.63) is 34.3 Å². The van der Waals surface area contributed by atoms with Crippen LogP contribution in [0.4, 0.5) is 0 Å². The second-order valence-electron chi connectivity index (χ2n) is 3.93. The van der Waals surface area contributed by atoms with Gasteiger partial charge in [-0.25, -0.2) is 0 Å². The summed E-state index contributed by atoms with van der Waals surface area (Å²) in [6, 6.07) is 6.43. The zero-order valence-electron chi connectivity index (χ0n) is 10.2. The zero-order valence-corrected chi connectivity index (χ0v) is 11.0. The van der Waals surface area contributed by atoms with Gasteiger partial charge in [0.1, 0.15) is 0 Å². The van der Waals surface area contributed by atoms with E-state index in [9.17, 15) is 0 Å². The summed E-state index contributed by atoms with van der Waals surface area (Å²) in [5, 5.41) is 4.17. The Kier molecular flexibility index (Phi) is 5.81. The molecule has 0 bridgehead atoms. The van der Waals surface area contributed by atoms with E-state index in [4.69, 9.17) is 16.3 Å². The Hall–Kier alpha value is -0.570. The van der Waals surface area contributed by atoms with E-state index in [0.29, 0.717) is 6.04 Å². The monoisotopic (exact) mass is 241 g/mol. The lowest BCUT2D eigenvalue weighted by Crippen LogP contribution is -2.18. The Morgan fingerprint density at radius 2 is 2.19 bits per heavy atom. The fourth-order valence-corrected chi connectivity index (χ4v) is 2.07. The second kappa shape index (κ2) is 6.89. The molecule has 0 spiro atoms.